The first-order chi connectivity index (χ1) is 12.4. The lowest BCUT2D eigenvalue weighted by Gasteiger charge is -2.27. The fourth-order valence-corrected chi connectivity index (χ4v) is 4.84. The molecule has 2 heterocycles. The van der Waals surface area contributed by atoms with Crippen molar-refractivity contribution in [2.75, 3.05) is 24.6 Å². The largest absolute Gasteiger partial charge is 0.478 e. The monoisotopic (exact) mass is 395 g/mol. The highest BCUT2D eigenvalue weighted by atomic mass is 32.2. The van der Waals surface area contributed by atoms with Crippen LogP contribution in [0.25, 0.3) is 0 Å². The van der Waals surface area contributed by atoms with E-state index in [9.17, 15) is 18.0 Å². The highest BCUT2D eigenvalue weighted by Gasteiger charge is 2.27. The Morgan fingerprint density at radius 2 is 1.81 bits per heavy atom. The standard InChI is InChI=1S/C17H17NO6S2/c19-16(18-6-9-26(22,23)10-7-18)13-3-1-2-4-15(13)25-11-14-12(17(20)21)5-8-24-14/h1-5,8H,6-7,9-11H2,(H,20,21). The summed E-state index contributed by atoms with van der Waals surface area (Å²) in [6.07, 6.45) is 1.32. The van der Waals surface area contributed by atoms with Gasteiger partial charge in [-0.1, -0.05) is 12.1 Å². The minimum atomic E-state index is -3.06. The number of sulfone groups is 1. The molecule has 1 aliphatic rings. The maximum atomic E-state index is 12.8. The zero-order valence-corrected chi connectivity index (χ0v) is 15.4. The van der Waals surface area contributed by atoms with E-state index in [1.807, 2.05) is 0 Å². The highest BCUT2D eigenvalue weighted by molar-refractivity contribution is 7.98. The average molecular weight is 395 g/mol. The maximum absolute atomic E-state index is 12.8. The second kappa shape index (κ2) is 7.55. The molecule has 1 saturated heterocycles. The molecule has 7 nitrogen and oxygen atoms in total. The SMILES string of the molecule is O=C(O)c1ccoc1CSc1ccccc1C(=O)N1CCS(=O)(=O)CC1. The van der Waals surface area contributed by atoms with Gasteiger partial charge in [0.1, 0.15) is 11.3 Å². The van der Waals surface area contributed by atoms with E-state index in [1.54, 1.807) is 24.3 Å². The van der Waals surface area contributed by atoms with Gasteiger partial charge in [0.05, 0.1) is 29.1 Å². The Bertz CT molecular complexity index is 920. The van der Waals surface area contributed by atoms with Crippen molar-refractivity contribution in [1.82, 2.24) is 4.90 Å². The van der Waals surface area contributed by atoms with Gasteiger partial charge in [-0.3, -0.25) is 4.79 Å². The molecule has 1 N–H and O–H groups in total. The van der Waals surface area contributed by atoms with Gasteiger partial charge in [0.15, 0.2) is 9.84 Å². The van der Waals surface area contributed by atoms with Crippen molar-refractivity contribution >= 4 is 33.5 Å². The van der Waals surface area contributed by atoms with E-state index in [-0.39, 0.29) is 41.8 Å². The summed E-state index contributed by atoms with van der Waals surface area (Å²) in [5, 5.41) is 9.13. The summed E-state index contributed by atoms with van der Waals surface area (Å²) in [5.41, 5.74) is 0.572. The van der Waals surface area contributed by atoms with E-state index < -0.39 is 15.8 Å². The Morgan fingerprint density at radius 1 is 1.12 bits per heavy atom. The lowest BCUT2D eigenvalue weighted by atomic mass is 10.2. The van der Waals surface area contributed by atoms with Crippen LogP contribution in [0.4, 0.5) is 0 Å². The molecule has 1 amide bonds. The number of carbonyl (C=O) groups excluding carboxylic acids is 1. The molecular formula is C17H17NO6S2. The number of nitrogens with zero attached hydrogens (tertiary/aromatic N) is 1. The summed E-state index contributed by atoms with van der Waals surface area (Å²) in [6.45, 7) is 0.364. The van der Waals surface area contributed by atoms with E-state index >= 15 is 0 Å². The van der Waals surface area contributed by atoms with Crippen molar-refractivity contribution in [3.8, 4) is 0 Å². The molecule has 1 fully saturated rings. The predicted molar refractivity (Wildman–Crippen MR) is 96.2 cm³/mol. The molecule has 0 spiro atoms. The van der Waals surface area contributed by atoms with Crippen LogP contribution in [-0.4, -0.2) is 54.9 Å². The number of amides is 1. The second-order valence-corrected chi connectivity index (χ2v) is 9.11. The molecule has 0 atom stereocenters. The van der Waals surface area contributed by atoms with Crippen LogP contribution in [0.15, 0.2) is 45.9 Å². The first-order valence-corrected chi connectivity index (χ1v) is 10.7. The summed E-state index contributed by atoms with van der Waals surface area (Å²) in [7, 11) is -3.06. The van der Waals surface area contributed by atoms with E-state index in [0.29, 0.717) is 16.2 Å². The third kappa shape index (κ3) is 4.10. The zero-order chi connectivity index (χ0) is 18.7. The van der Waals surface area contributed by atoms with E-state index in [1.165, 1.54) is 29.0 Å². The molecule has 138 valence electrons. The second-order valence-electron chi connectivity index (χ2n) is 5.79. The summed E-state index contributed by atoms with van der Waals surface area (Å²) in [4.78, 5) is 26.1. The molecule has 0 radical (unpaired) electrons. The first-order valence-electron chi connectivity index (χ1n) is 7.88. The van der Waals surface area contributed by atoms with Gasteiger partial charge < -0.3 is 14.4 Å². The number of carboxylic acids is 1. The van der Waals surface area contributed by atoms with Crippen molar-refractivity contribution < 1.29 is 27.5 Å². The zero-order valence-electron chi connectivity index (χ0n) is 13.8. The molecule has 1 aliphatic heterocycles. The maximum Gasteiger partial charge on any atom is 0.339 e. The number of thioether (sulfide) groups is 1. The Hall–Kier alpha value is -2.26. The van der Waals surface area contributed by atoms with E-state index in [2.05, 4.69) is 0 Å². The van der Waals surface area contributed by atoms with Crippen molar-refractivity contribution in [3.63, 3.8) is 0 Å². The molecule has 0 saturated carbocycles. The van der Waals surface area contributed by atoms with Crippen LogP contribution in [0.2, 0.25) is 0 Å². The quantitative estimate of drug-likeness (QED) is 0.773. The minimum Gasteiger partial charge on any atom is -0.478 e. The number of benzene rings is 1. The molecule has 26 heavy (non-hydrogen) atoms. The van der Waals surface area contributed by atoms with Gasteiger partial charge in [0.25, 0.3) is 5.91 Å². The number of hydrogen-bond donors (Lipinski definition) is 1. The third-order valence-corrected chi connectivity index (χ3v) is 6.77. The molecule has 3 rings (SSSR count). The summed E-state index contributed by atoms with van der Waals surface area (Å²) in [5.74, 6) is -0.735. The van der Waals surface area contributed by atoms with Crippen LogP contribution in [0, 0.1) is 0 Å². The topological polar surface area (TPSA) is 105 Å². The lowest BCUT2D eigenvalue weighted by Crippen LogP contribution is -2.43. The van der Waals surface area contributed by atoms with Gasteiger partial charge >= 0.3 is 5.97 Å². The Balaban J connectivity index is 1.75. The number of furan rings is 1. The Kier molecular flexibility index (Phi) is 5.38. The van der Waals surface area contributed by atoms with Gasteiger partial charge in [-0.25, -0.2) is 13.2 Å². The average Bonchev–Trinajstić information content (AvgIpc) is 3.08. The number of aromatic carboxylic acids is 1. The van der Waals surface area contributed by atoms with Gasteiger partial charge in [-0.2, -0.15) is 0 Å². The number of hydrogen-bond acceptors (Lipinski definition) is 6. The normalized spacial score (nSPS) is 16.4. The number of carboxylic acid groups (broad SMARTS) is 1. The van der Waals surface area contributed by atoms with Crippen LogP contribution in [0.5, 0.6) is 0 Å². The van der Waals surface area contributed by atoms with Crippen molar-refractivity contribution in [3.05, 3.63) is 53.5 Å². The lowest BCUT2D eigenvalue weighted by molar-refractivity contribution is 0.0693. The Morgan fingerprint density at radius 3 is 2.50 bits per heavy atom. The number of rotatable bonds is 5. The smallest absolute Gasteiger partial charge is 0.339 e. The van der Waals surface area contributed by atoms with Gasteiger partial charge in [-0.15, -0.1) is 11.8 Å². The van der Waals surface area contributed by atoms with Crippen LogP contribution in [0.1, 0.15) is 26.5 Å². The van der Waals surface area contributed by atoms with Crippen LogP contribution in [-0.2, 0) is 15.6 Å². The van der Waals surface area contributed by atoms with Crippen molar-refractivity contribution in [2.24, 2.45) is 0 Å². The van der Waals surface area contributed by atoms with Gasteiger partial charge in [0.2, 0.25) is 0 Å². The third-order valence-electron chi connectivity index (χ3n) is 4.08. The molecule has 9 heteroatoms. The summed E-state index contributed by atoms with van der Waals surface area (Å²) < 4.78 is 28.3. The fourth-order valence-electron chi connectivity index (χ4n) is 2.64. The van der Waals surface area contributed by atoms with Crippen molar-refractivity contribution in [2.45, 2.75) is 10.6 Å². The molecule has 1 aromatic carbocycles. The van der Waals surface area contributed by atoms with E-state index in [4.69, 9.17) is 9.52 Å². The van der Waals surface area contributed by atoms with Crippen LogP contribution < -0.4 is 0 Å². The van der Waals surface area contributed by atoms with Crippen LogP contribution >= 0.6 is 11.8 Å². The summed E-state index contributed by atoms with van der Waals surface area (Å²) in [6, 6.07) is 8.40. The Labute approximate surface area is 154 Å². The molecule has 1 aromatic heterocycles. The molecule has 0 aliphatic carbocycles. The molecule has 2 aromatic rings. The van der Waals surface area contributed by atoms with Crippen molar-refractivity contribution in [1.29, 1.82) is 0 Å². The highest BCUT2D eigenvalue weighted by Crippen LogP contribution is 2.29. The number of carbonyl (C=O) groups is 2. The minimum absolute atomic E-state index is 0.0254. The summed E-state index contributed by atoms with van der Waals surface area (Å²) >= 11 is 1.31. The van der Waals surface area contributed by atoms with E-state index in [0.717, 1.165) is 0 Å². The predicted octanol–water partition coefficient (Wildman–Crippen LogP) is 2.14. The van der Waals surface area contributed by atoms with Gasteiger partial charge in [0, 0.05) is 18.0 Å². The van der Waals surface area contributed by atoms with Gasteiger partial charge in [-0.05, 0) is 18.2 Å². The molecule has 0 unspecified atom stereocenters. The first kappa shape index (κ1) is 18.5. The fraction of sp³-hybridized carbons (Fsp3) is 0.294. The molecule has 0 bridgehead atoms. The molecular weight excluding hydrogens is 378 g/mol. The van der Waals surface area contributed by atoms with Crippen LogP contribution in [0.3, 0.4) is 0 Å².